The fourth-order valence-corrected chi connectivity index (χ4v) is 0.885. The molecule has 0 radical (unpaired) electrons. The zero-order valence-corrected chi connectivity index (χ0v) is 7.04. The summed E-state index contributed by atoms with van der Waals surface area (Å²) < 4.78 is 17.7. The van der Waals surface area contributed by atoms with Gasteiger partial charge in [-0.1, -0.05) is 0 Å². The number of halogens is 1. The fourth-order valence-electron chi connectivity index (χ4n) is 0.885. The number of hydrogen-bond acceptors (Lipinski definition) is 2. The Morgan fingerprint density at radius 3 is 2.83 bits per heavy atom. The molecular formula is C7H8B2FNO. The van der Waals surface area contributed by atoms with Crippen molar-refractivity contribution in [3.63, 3.8) is 0 Å². The maximum atomic E-state index is 13.0. The van der Waals surface area contributed by atoms with Crippen molar-refractivity contribution < 1.29 is 9.13 Å². The molecule has 5 heteroatoms. The van der Waals surface area contributed by atoms with Crippen LogP contribution in [0.2, 0.25) is 0 Å². The van der Waals surface area contributed by atoms with Crippen molar-refractivity contribution in [1.29, 1.82) is 0 Å². The van der Waals surface area contributed by atoms with E-state index in [2.05, 4.69) is 4.90 Å². The molecule has 0 N–H and O–H groups in total. The van der Waals surface area contributed by atoms with Crippen LogP contribution in [-0.4, -0.2) is 21.8 Å². The van der Waals surface area contributed by atoms with E-state index < -0.39 is 0 Å². The first-order chi connectivity index (χ1) is 5.77. The Hall–Kier alpha value is -1.12. The second-order valence-electron chi connectivity index (χ2n) is 2.21. The van der Waals surface area contributed by atoms with Crippen LogP contribution < -0.4 is 4.74 Å². The van der Waals surface area contributed by atoms with Crippen LogP contribution in [-0.2, 0) is 0 Å². The molecule has 60 valence electrons. The molecular weight excluding hydrogens is 155 g/mol. The number of hydrogen-bond donors (Lipinski definition) is 0. The van der Waals surface area contributed by atoms with Gasteiger partial charge in [0.1, 0.15) is 0 Å². The Morgan fingerprint density at radius 1 is 1.58 bits per heavy atom. The van der Waals surface area contributed by atoms with E-state index in [1.807, 2.05) is 0 Å². The van der Waals surface area contributed by atoms with Crippen LogP contribution in [0.25, 0.3) is 0 Å². The number of rotatable bonds is 2. The predicted octanol–water partition coefficient (Wildman–Crippen LogP) is 0.902. The molecule has 0 aliphatic heterocycles. The van der Waals surface area contributed by atoms with E-state index in [-0.39, 0.29) is 11.6 Å². The zero-order valence-electron chi connectivity index (χ0n) is 7.04. The van der Waals surface area contributed by atoms with Crippen LogP contribution in [0.5, 0.6) is 5.75 Å². The van der Waals surface area contributed by atoms with Gasteiger partial charge in [0.25, 0.3) is 0 Å². The molecule has 1 aromatic carbocycles. The summed E-state index contributed by atoms with van der Waals surface area (Å²) in [6.45, 7) is 1.61. The van der Waals surface area contributed by atoms with Gasteiger partial charge >= 0.3 is 71.3 Å². The summed E-state index contributed by atoms with van der Waals surface area (Å²) in [5.41, 5.74) is 0.593. The molecule has 2 nitrogen and oxygen atoms in total. The van der Waals surface area contributed by atoms with Crippen molar-refractivity contribution >= 4 is 20.4 Å². The van der Waals surface area contributed by atoms with Crippen molar-refractivity contribution in [2.24, 2.45) is 4.90 Å². The minimum atomic E-state index is -0.388. The summed E-state index contributed by atoms with van der Waals surface area (Å²) in [5.74, 6) is -0.148. The summed E-state index contributed by atoms with van der Waals surface area (Å²) in [6, 6.07) is 4.58. The van der Waals surface area contributed by atoms with E-state index in [0.717, 1.165) is 0 Å². The molecule has 0 saturated heterocycles. The van der Waals surface area contributed by atoms with E-state index in [4.69, 9.17) is 4.74 Å². The molecule has 0 fully saturated rings. The van der Waals surface area contributed by atoms with Gasteiger partial charge in [-0.2, -0.15) is 0 Å². The molecule has 1 rings (SSSR count). The average molecular weight is 163 g/mol. The van der Waals surface area contributed by atoms with Gasteiger partial charge in [-0.15, -0.1) is 0 Å². The van der Waals surface area contributed by atoms with Crippen molar-refractivity contribution in [2.45, 2.75) is 0 Å². The summed E-state index contributed by atoms with van der Waals surface area (Å²) in [5, 5.41) is 0. The van der Waals surface area contributed by atoms with Gasteiger partial charge in [-0.25, -0.2) is 0 Å². The molecule has 0 unspecified atom stereocenters. The third kappa shape index (κ3) is 1.94. The zero-order chi connectivity index (χ0) is 8.97. The summed E-state index contributed by atoms with van der Waals surface area (Å²) in [4.78, 5) is 3.92. The number of ether oxygens (including phenoxy) is 1. The van der Waals surface area contributed by atoms with Crippen LogP contribution in [0.1, 0.15) is 0 Å². The van der Waals surface area contributed by atoms with Gasteiger partial charge in [-0.3, -0.25) is 0 Å². The number of methoxy groups -OCH3 is 1. The molecule has 0 atom stereocenters. The molecule has 0 aromatic heterocycles. The van der Waals surface area contributed by atoms with Crippen LogP contribution >= 0.6 is 0 Å². The Morgan fingerprint density at radius 2 is 2.33 bits per heavy atom. The van der Waals surface area contributed by atoms with E-state index in [0.29, 0.717) is 5.69 Å². The van der Waals surface area contributed by atoms with E-state index in [9.17, 15) is 4.39 Å². The second-order valence-corrected chi connectivity index (χ2v) is 2.21. The SMILES string of the molecule is BB=Nc1ccc(OC)c(F)c1. The third-order valence-corrected chi connectivity index (χ3v) is 1.41. The molecule has 0 amide bonds. The number of benzene rings is 1. The summed E-state index contributed by atoms with van der Waals surface area (Å²) in [6.07, 6.45) is 0. The van der Waals surface area contributed by atoms with Gasteiger partial charge in [-0.05, 0) is 0 Å². The monoisotopic (exact) mass is 163 g/mol. The van der Waals surface area contributed by atoms with E-state index in [1.54, 1.807) is 26.8 Å². The van der Waals surface area contributed by atoms with Crippen molar-refractivity contribution in [2.75, 3.05) is 7.11 Å². The van der Waals surface area contributed by atoms with Crippen LogP contribution in [0.3, 0.4) is 0 Å². The Labute approximate surface area is 72.1 Å². The molecule has 12 heavy (non-hydrogen) atoms. The van der Waals surface area contributed by atoms with Gasteiger partial charge in [0.15, 0.2) is 0 Å². The molecule has 0 bridgehead atoms. The molecule has 0 heterocycles. The quantitative estimate of drug-likeness (QED) is 0.593. The molecule has 0 spiro atoms. The van der Waals surface area contributed by atoms with E-state index in [1.165, 1.54) is 13.2 Å². The topological polar surface area (TPSA) is 21.6 Å². The Balaban J connectivity index is 3.01. The molecule has 0 aliphatic carbocycles. The normalized spacial score (nSPS) is 9.83. The van der Waals surface area contributed by atoms with Gasteiger partial charge in [0.05, 0.1) is 0 Å². The maximum absolute atomic E-state index is 13.0. The first-order valence-electron chi connectivity index (χ1n) is 3.60. The minimum absolute atomic E-state index is 0.241. The molecule has 0 saturated carbocycles. The number of nitrogens with zero attached hydrogens (tertiary/aromatic N) is 1. The van der Waals surface area contributed by atoms with Crippen molar-refractivity contribution in [3.05, 3.63) is 24.0 Å². The van der Waals surface area contributed by atoms with Crippen molar-refractivity contribution in [3.8, 4) is 5.75 Å². The molecule has 1 aromatic rings. The summed E-state index contributed by atoms with van der Waals surface area (Å²) >= 11 is 0. The first kappa shape index (κ1) is 8.97. The standard InChI is InChI=1S/C7H8B2FNO/c1-12-7-3-2-5(11-9-8)4-6(7)10/h2-4H,8H2,1H3. The van der Waals surface area contributed by atoms with Gasteiger partial charge in [0.2, 0.25) is 0 Å². The van der Waals surface area contributed by atoms with Crippen LogP contribution in [0, 0.1) is 5.82 Å². The van der Waals surface area contributed by atoms with Crippen molar-refractivity contribution in [1.82, 2.24) is 0 Å². The van der Waals surface area contributed by atoms with Crippen LogP contribution in [0.4, 0.5) is 10.1 Å². The van der Waals surface area contributed by atoms with Gasteiger partial charge in [0, 0.05) is 0 Å². The second kappa shape index (κ2) is 4.04. The van der Waals surface area contributed by atoms with E-state index >= 15 is 0 Å². The Kier molecular flexibility index (Phi) is 3.02. The summed E-state index contributed by atoms with van der Waals surface area (Å²) in [7, 11) is 3.21. The Bertz CT molecular complexity index is 303. The third-order valence-electron chi connectivity index (χ3n) is 1.41. The van der Waals surface area contributed by atoms with Gasteiger partial charge < -0.3 is 0 Å². The van der Waals surface area contributed by atoms with Crippen LogP contribution in [0.15, 0.2) is 23.1 Å². The predicted molar refractivity (Wildman–Crippen MR) is 49.3 cm³/mol. The fraction of sp³-hybridized carbons (Fsp3) is 0.143. The molecule has 0 aliphatic rings. The average Bonchev–Trinajstić information content (AvgIpc) is 2.05. The first-order valence-corrected chi connectivity index (χ1v) is 3.60.